The fraction of sp³-hybridized carbons (Fsp3) is 0.833. The summed E-state index contributed by atoms with van der Waals surface area (Å²) in [6, 6.07) is 0. The zero-order valence-electron chi connectivity index (χ0n) is 5.91. The molecule has 0 rings (SSSR count). The van der Waals surface area contributed by atoms with Gasteiger partial charge in [-0.25, -0.2) is 0 Å². The Labute approximate surface area is 72.1 Å². The number of ether oxygens (including phenoxy) is 1. The third kappa shape index (κ3) is 4.99. The Morgan fingerprint density at radius 2 is 2.30 bits per heavy atom. The van der Waals surface area contributed by atoms with Crippen LogP contribution in [-0.4, -0.2) is 17.2 Å². The van der Waals surface area contributed by atoms with Gasteiger partial charge in [-0.2, -0.15) is 12.6 Å². The highest BCUT2D eigenvalue weighted by Gasteiger charge is 2.05. The summed E-state index contributed by atoms with van der Waals surface area (Å²) in [4.78, 5) is 10.7. The van der Waals surface area contributed by atoms with Gasteiger partial charge in [0.15, 0.2) is 0 Å². The third-order valence-corrected chi connectivity index (χ3v) is 1.63. The largest absolute Gasteiger partial charge is 0.452 e. The zero-order chi connectivity index (χ0) is 7.98. The fourth-order valence-corrected chi connectivity index (χ4v) is 0.685. The van der Waals surface area contributed by atoms with Crippen molar-refractivity contribution in [2.45, 2.75) is 25.2 Å². The standard InChI is InChI=1S/C6H12O2S2/c1-2-6(10)8-5(7)3-4-9/h6,9-10H,2-4H2,1H3. The molecular weight excluding hydrogens is 168 g/mol. The van der Waals surface area contributed by atoms with Crippen LogP contribution in [0.25, 0.3) is 0 Å². The van der Waals surface area contributed by atoms with Crippen molar-refractivity contribution >= 4 is 31.2 Å². The molecule has 0 radical (unpaired) electrons. The molecule has 0 spiro atoms. The van der Waals surface area contributed by atoms with Crippen LogP contribution < -0.4 is 0 Å². The van der Waals surface area contributed by atoms with Gasteiger partial charge in [0.05, 0.1) is 6.42 Å². The van der Waals surface area contributed by atoms with Crippen LogP contribution in [0.1, 0.15) is 19.8 Å². The SMILES string of the molecule is CCC(S)OC(=O)CCS. The molecule has 0 saturated carbocycles. The van der Waals surface area contributed by atoms with Gasteiger partial charge in [0, 0.05) is 5.75 Å². The minimum Gasteiger partial charge on any atom is -0.452 e. The van der Waals surface area contributed by atoms with Gasteiger partial charge in [-0.15, -0.1) is 12.6 Å². The molecule has 0 aromatic heterocycles. The maximum absolute atomic E-state index is 10.7. The predicted molar refractivity (Wildman–Crippen MR) is 47.6 cm³/mol. The van der Waals surface area contributed by atoms with Crippen LogP contribution in [0.15, 0.2) is 0 Å². The summed E-state index contributed by atoms with van der Waals surface area (Å²) in [6.45, 7) is 1.91. The first-order valence-corrected chi connectivity index (χ1v) is 4.34. The van der Waals surface area contributed by atoms with Crippen molar-refractivity contribution in [2.75, 3.05) is 5.75 Å². The van der Waals surface area contributed by atoms with Gasteiger partial charge in [-0.1, -0.05) is 6.92 Å². The smallest absolute Gasteiger partial charge is 0.307 e. The summed E-state index contributed by atoms with van der Waals surface area (Å²) in [6.07, 6.45) is 1.10. The molecule has 2 nitrogen and oxygen atoms in total. The molecule has 0 aliphatic carbocycles. The summed E-state index contributed by atoms with van der Waals surface area (Å²) in [5.41, 5.74) is -0.257. The van der Waals surface area contributed by atoms with Crippen LogP contribution in [0.2, 0.25) is 0 Å². The van der Waals surface area contributed by atoms with Gasteiger partial charge in [0.25, 0.3) is 0 Å². The van der Waals surface area contributed by atoms with E-state index in [0.717, 1.165) is 6.42 Å². The Morgan fingerprint density at radius 3 is 2.70 bits per heavy atom. The molecule has 4 heteroatoms. The van der Waals surface area contributed by atoms with Gasteiger partial charge in [0.2, 0.25) is 0 Å². The number of carbonyl (C=O) groups is 1. The minimum atomic E-state index is -0.257. The monoisotopic (exact) mass is 180 g/mol. The molecule has 0 bridgehead atoms. The van der Waals surface area contributed by atoms with E-state index in [-0.39, 0.29) is 11.4 Å². The Kier molecular flexibility index (Phi) is 6.02. The molecule has 60 valence electrons. The second kappa shape index (κ2) is 5.92. The topological polar surface area (TPSA) is 26.3 Å². The van der Waals surface area contributed by atoms with E-state index in [4.69, 9.17) is 4.74 Å². The van der Waals surface area contributed by atoms with Gasteiger partial charge in [-0.3, -0.25) is 4.79 Å². The summed E-state index contributed by atoms with van der Waals surface area (Å²) in [7, 11) is 0. The molecule has 0 aromatic carbocycles. The van der Waals surface area contributed by atoms with E-state index < -0.39 is 0 Å². The molecule has 0 aromatic rings. The van der Waals surface area contributed by atoms with E-state index in [1.165, 1.54) is 0 Å². The van der Waals surface area contributed by atoms with Crippen molar-refractivity contribution in [3.63, 3.8) is 0 Å². The molecule has 1 unspecified atom stereocenters. The van der Waals surface area contributed by atoms with Crippen LogP contribution in [0.3, 0.4) is 0 Å². The number of hydrogen-bond acceptors (Lipinski definition) is 4. The van der Waals surface area contributed by atoms with Crippen LogP contribution in [0.5, 0.6) is 0 Å². The third-order valence-electron chi connectivity index (χ3n) is 0.933. The van der Waals surface area contributed by atoms with Gasteiger partial charge < -0.3 is 4.74 Å². The Balaban J connectivity index is 3.37. The Morgan fingerprint density at radius 1 is 1.70 bits per heavy atom. The number of rotatable bonds is 4. The van der Waals surface area contributed by atoms with E-state index in [1.54, 1.807) is 0 Å². The van der Waals surface area contributed by atoms with Crippen LogP contribution >= 0.6 is 25.3 Å². The van der Waals surface area contributed by atoms with Crippen molar-refractivity contribution in [3.8, 4) is 0 Å². The average Bonchev–Trinajstić information content (AvgIpc) is 1.88. The molecule has 0 amide bonds. The quantitative estimate of drug-likeness (QED) is 0.390. The maximum atomic E-state index is 10.7. The van der Waals surface area contributed by atoms with Crippen molar-refractivity contribution in [3.05, 3.63) is 0 Å². The summed E-state index contributed by atoms with van der Waals surface area (Å²) in [5, 5.41) is 0. The lowest BCUT2D eigenvalue weighted by Gasteiger charge is -2.08. The van der Waals surface area contributed by atoms with Crippen LogP contribution in [-0.2, 0) is 9.53 Å². The second-order valence-electron chi connectivity index (χ2n) is 1.83. The molecule has 1 atom stereocenters. The Bertz CT molecular complexity index is 106. The van der Waals surface area contributed by atoms with E-state index in [0.29, 0.717) is 12.2 Å². The number of thiol groups is 2. The van der Waals surface area contributed by atoms with E-state index in [9.17, 15) is 4.79 Å². The normalized spacial score (nSPS) is 12.7. The van der Waals surface area contributed by atoms with E-state index in [2.05, 4.69) is 25.3 Å². The molecule has 0 fully saturated rings. The molecule has 0 aliphatic heterocycles. The highest BCUT2D eigenvalue weighted by Crippen LogP contribution is 2.03. The molecule has 0 aliphatic rings. The molecule has 0 heterocycles. The highest BCUT2D eigenvalue weighted by atomic mass is 32.1. The van der Waals surface area contributed by atoms with Gasteiger partial charge >= 0.3 is 5.97 Å². The number of carbonyl (C=O) groups excluding carboxylic acids is 1. The zero-order valence-corrected chi connectivity index (χ0v) is 7.70. The predicted octanol–water partition coefficient (Wildman–Crippen LogP) is 1.52. The van der Waals surface area contributed by atoms with Gasteiger partial charge in [-0.05, 0) is 6.42 Å². The lowest BCUT2D eigenvalue weighted by molar-refractivity contribution is -0.144. The van der Waals surface area contributed by atoms with E-state index in [1.807, 2.05) is 6.92 Å². The molecule has 10 heavy (non-hydrogen) atoms. The molecule has 0 N–H and O–H groups in total. The number of esters is 1. The minimum absolute atomic E-state index is 0.225. The molecule has 0 saturated heterocycles. The van der Waals surface area contributed by atoms with E-state index >= 15 is 0 Å². The van der Waals surface area contributed by atoms with Crippen molar-refractivity contribution in [1.82, 2.24) is 0 Å². The lowest BCUT2D eigenvalue weighted by Crippen LogP contribution is -2.11. The van der Waals surface area contributed by atoms with Crippen molar-refractivity contribution in [2.24, 2.45) is 0 Å². The summed E-state index contributed by atoms with van der Waals surface area (Å²) >= 11 is 7.88. The van der Waals surface area contributed by atoms with Gasteiger partial charge in [0.1, 0.15) is 5.44 Å². The number of hydrogen-bond donors (Lipinski definition) is 2. The first-order chi connectivity index (χ1) is 4.70. The highest BCUT2D eigenvalue weighted by molar-refractivity contribution is 7.80. The Hall–Kier alpha value is 0.170. The van der Waals surface area contributed by atoms with Crippen LogP contribution in [0.4, 0.5) is 0 Å². The average molecular weight is 180 g/mol. The van der Waals surface area contributed by atoms with Crippen LogP contribution in [0, 0.1) is 0 Å². The second-order valence-corrected chi connectivity index (χ2v) is 2.85. The maximum Gasteiger partial charge on any atom is 0.307 e. The van der Waals surface area contributed by atoms with Crippen molar-refractivity contribution in [1.29, 1.82) is 0 Å². The fourth-order valence-electron chi connectivity index (χ4n) is 0.385. The first kappa shape index (κ1) is 10.2. The first-order valence-electron chi connectivity index (χ1n) is 3.19. The molecular formula is C6H12O2S2. The van der Waals surface area contributed by atoms with Crippen molar-refractivity contribution < 1.29 is 9.53 Å². The summed E-state index contributed by atoms with van der Waals surface area (Å²) in [5.74, 6) is 0.306. The summed E-state index contributed by atoms with van der Waals surface area (Å²) < 4.78 is 4.82. The lowest BCUT2D eigenvalue weighted by atomic mass is 10.5.